The highest BCUT2D eigenvalue weighted by atomic mass is 16.4. The molecule has 0 atom stereocenters. The standard InChI is InChI=1S/C21H31N5O2/c1-5-22-20(26-15-18-25-14-17(28-18)21(2,3)4)24-13-9-12-23-19(27)16-10-7-6-8-11-16/h6-8,10-11,14H,5,9,12-13,15H2,1-4H3,(H,23,27)(H2,22,24,26). The number of amides is 1. The van der Waals surface area contributed by atoms with Crippen LogP contribution in [-0.2, 0) is 12.0 Å². The van der Waals surface area contributed by atoms with Gasteiger partial charge in [-0.3, -0.25) is 4.79 Å². The summed E-state index contributed by atoms with van der Waals surface area (Å²) in [5, 5.41) is 9.37. The van der Waals surface area contributed by atoms with Gasteiger partial charge in [0.25, 0.3) is 5.91 Å². The number of aliphatic imine (C=N–C) groups is 1. The largest absolute Gasteiger partial charge is 0.443 e. The summed E-state index contributed by atoms with van der Waals surface area (Å²) < 4.78 is 5.77. The fourth-order valence-corrected chi connectivity index (χ4v) is 2.41. The molecule has 152 valence electrons. The Kier molecular flexibility index (Phi) is 8.04. The van der Waals surface area contributed by atoms with E-state index in [-0.39, 0.29) is 11.3 Å². The second kappa shape index (κ2) is 10.5. The fourth-order valence-electron chi connectivity index (χ4n) is 2.41. The number of rotatable bonds is 8. The van der Waals surface area contributed by atoms with Crippen molar-refractivity contribution in [2.45, 2.75) is 46.1 Å². The first-order valence-electron chi connectivity index (χ1n) is 9.70. The Labute approximate surface area is 167 Å². The maximum atomic E-state index is 12.0. The summed E-state index contributed by atoms with van der Waals surface area (Å²) in [6.45, 7) is 10.7. The maximum absolute atomic E-state index is 12.0. The van der Waals surface area contributed by atoms with Crippen LogP contribution in [-0.4, -0.2) is 36.5 Å². The van der Waals surface area contributed by atoms with Crippen molar-refractivity contribution in [3.8, 4) is 0 Å². The summed E-state index contributed by atoms with van der Waals surface area (Å²) in [5.74, 6) is 2.09. The number of nitrogens with one attached hydrogen (secondary N) is 3. The van der Waals surface area contributed by atoms with Gasteiger partial charge >= 0.3 is 0 Å². The van der Waals surface area contributed by atoms with Crippen LogP contribution in [0.1, 0.15) is 56.1 Å². The van der Waals surface area contributed by atoms with Gasteiger partial charge in [0.15, 0.2) is 5.96 Å². The predicted octanol–water partition coefficient (Wildman–Crippen LogP) is 2.85. The summed E-state index contributed by atoms with van der Waals surface area (Å²) in [6, 6.07) is 9.21. The molecule has 1 heterocycles. The molecule has 2 aromatic rings. The van der Waals surface area contributed by atoms with Crippen molar-refractivity contribution >= 4 is 11.9 Å². The van der Waals surface area contributed by atoms with Crippen LogP contribution in [0, 0.1) is 0 Å². The Bertz CT molecular complexity index is 763. The van der Waals surface area contributed by atoms with Gasteiger partial charge in [-0.2, -0.15) is 0 Å². The first-order valence-corrected chi connectivity index (χ1v) is 9.70. The average molecular weight is 386 g/mol. The minimum absolute atomic E-state index is 0.0558. The van der Waals surface area contributed by atoms with E-state index in [0.717, 1.165) is 18.7 Å². The van der Waals surface area contributed by atoms with Gasteiger partial charge in [0, 0.05) is 30.6 Å². The Morgan fingerprint density at radius 1 is 1.11 bits per heavy atom. The third kappa shape index (κ3) is 7.06. The summed E-state index contributed by atoms with van der Waals surface area (Å²) in [4.78, 5) is 20.8. The molecule has 28 heavy (non-hydrogen) atoms. The molecule has 1 aromatic heterocycles. The molecular formula is C21H31N5O2. The van der Waals surface area contributed by atoms with E-state index in [0.29, 0.717) is 37.0 Å². The van der Waals surface area contributed by atoms with E-state index in [1.54, 1.807) is 18.3 Å². The van der Waals surface area contributed by atoms with Crippen LogP contribution in [0.2, 0.25) is 0 Å². The van der Waals surface area contributed by atoms with E-state index in [9.17, 15) is 4.79 Å². The Balaban J connectivity index is 1.75. The first kappa shape index (κ1) is 21.5. The molecule has 0 aliphatic carbocycles. The van der Waals surface area contributed by atoms with Crippen LogP contribution in [0.3, 0.4) is 0 Å². The summed E-state index contributed by atoms with van der Waals surface area (Å²) in [5.41, 5.74) is 0.605. The molecular weight excluding hydrogens is 354 g/mol. The van der Waals surface area contributed by atoms with Crippen LogP contribution in [0.15, 0.2) is 45.9 Å². The minimum Gasteiger partial charge on any atom is -0.443 e. The second-order valence-corrected chi connectivity index (χ2v) is 7.47. The molecule has 3 N–H and O–H groups in total. The molecule has 1 aromatic carbocycles. The summed E-state index contributed by atoms with van der Waals surface area (Å²) >= 11 is 0. The van der Waals surface area contributed by atoms with Gasteiger partial charge in [0.2, 0.25) is 5.89 Å². The van der Waals surface area contributed by atoms with Crippen LogP contribution in [0.4, 0.5) is 0 Å². The average Bonchev–Trinajstić information content (AvgIpc) is 3.16. The van der Waals surface area contributed by atoms with Crippen molar-refractivity contribution in [1.82, 2.24) is 20.9 Å². The second-order valence-electron chi connectivity index (χ2n) is 7.47. The van der Waals surface area contributed by atoms with Crippen molar-refractivity contribution in [3.63, 3.8) is 0 Å². The molecule has 0 aliphatic rings. The number of oxazole rings is 1. The Hall–Kier alpha value is -2.83. The van der Waals surface area contributed by atoms with E-state index < -0.39 is 0 Å². The monoisotopic (exact) mass is 385 g/mol. The van der Waals surface area contributed by atoms with Gasteiger partial charge in [0.05, 0.1) is 6.20 Å². The molecule has 7 nitrogen and oxygen atoms in total. The highest BCUT2D eigenvalue weighted by Crippen LogP contribution is 2.22. The lowest BCUT2D eigenvalue weighted by molar-refractivity contribution is 0.0953. The fraction of sp³-hybridized carbons (Fsp3) is 0.476. The zero-order valence-corrected chi connectivity index (χ0v) is 17.2. The quantitative estimate of drug-likeness (QED) is 0.369. The first-order chi connectivity index (χ1) is 13.4. The number of benzene rings is 1. The number of hydrogen-bond donors (Lipinski definition) is 3. The molecule has 0 aliphatic heterocycles. The summed E-state index contributed by atoms with van der Waals surface area (Å²) in [7, 11) is 0. The lowest BCUT2D eigenvalue weighted by Gasteiger charge is -2.13. The SMILES string of the molecule is CCNC(=NCc1ncc(C(C)(C)C)o1)NCCCNC(=O)c1ccccc1. The zero-order chi connectivity index (χ0) is 20.4. The van der Waals surface area contributed by atoms with E-state index >= 15 is 0 Å². The number of carbonyl (C=O) groups is 1. The van der Waals surface area contributed by atoms with E-state index in [1.165, 1.54) is 0 Å². The molecule has 1 amide bonds. The topological polar surface area (TPSA) is 91.6 Å². The number of aromatic nitrogens is 1. The Morgan fingerprint density at radius 2 is 1.82 bits per heavy atom. The van der Waals surface area contributed by atoms with Crippen LogP contribution in [0.25, 0.3) is 0 Å². The number of guanidine groups is 1. The lowest BCUT2D eigenvalue weighted by atomic mass is 9.94. The lowest BCUT2D eigenvalue weighted by Crippen LogP contribution is -2.38. The molecule has 0 saturated carbocycles. The van der Waals surface area contributed by atoms with Gasteiger partial charge < -0.3 is 20.4 Å². The molecule has 0 saturated heterocycles. The third-order valence-electron chi connectivity index (χ3n) is 3.98. The van der Waals surface area contributed by atoms with Crippen molar-refractivity contribution in [2.75, 3.05) is 19.6 Å². The predicted molar refractivity (Wildman–Crippen MR) is 111 cm³/mol. The number of carbonyl (C=O) groups excluding carboxylic acids is 1. The zero-order valence-electron chi connectivity index (χ0n) is 17.2. The molecule has 2 rings (SSSR count). The van der Waals surface area contributed by atoms with Crippen LogP contribution in [0.5, 0.6) is 0 Å². The molecule has 0 spiro atoms. The van der Waals surface area contributed by atoms with Crippen LogP contribution < -0.4 is 16.0 Å². The highest BCUT2D eigenvalue weighted by Gasteiger charge is 2.19. The summed E-state index contributed by atoms with van der Waals surface area (Å²) in [6.07, 6.45) is 2.55. The number of nitrogens with zero attached hydrogens (tertiary/aromatic N) is 2. The minimum atomic E-state index is -0.0676. The van der Waals surface area contributed by atoms with Crippen LogP contribution >= 0.6 is 0 Å². The van der Waals surface area contributed by atoms with Crippen molar-refractivity contribution in [3.05, 3.63) is 53.7 Å². The molecule has 0 bridgehead atoms. The van der Waals surface area contributed by atoms with E-state index in [2.05, 4.69) is 46.7 Å². The molecule has 0 fully saturated rings. The van der Waals surface area contributed by atoms with E-state index in [1.807, 2.05) is 25.1 Å². The normalized spacial score (nSPS) is 11.9. The van der Waals surface area contributed by atoms with Crippen molar-refractivity contribution in [1.29, 1.82) is 0 Å². The highest BCUT2D eigenvalue weighted by molar-refractivity contribution is 5.94. The smallest absolute Gasteiger partial charge is 0.251 e. The van der Waals surface area contributed by atoms with Gasteiger partial charge in [-0.05, 0) is 25.5 Å². The van der Waals surface area contributed by atoms with Crippen molar-refractivity contribution < 1.29 is 9.21 Å². The molecule has 0 radical (unpaired) electrons. The number of hydrogen-bond acceptors (Lipinski definition) is 4. The third-order valence-corrected chi connectivity index (χ3v) is 3.98. The van der Waals surface area contributed by atoms with E-state index in [4.69, 9.17) is 4.42 Å². The van der Waals surface area contributed by atoms with Gasteiger partial charge in [0.1, 0.15) is 12.3 Å². The van der Waals surface area contributed by atoms with Gasteiger partial charge in [-0.15, -0.1) is 0 Å². The van der Waals surface area contributed by atoms with Crippen molar-refractivity contribution in [2.24, 2.45) is 4.99 Å². The van der Waals surface area contributed by atoms with Gasteiger partial charge in [-0.25, -0.2) is 9.98 Å². The molecule has 7 heteroatoms. The Morgan fingerprint density at radius 3 is 2.46 bits per heavy atom. The molecule has 0 unspecified atom stereocenters. The van der Waals surface area contributed by atoms with Gasteiger partial charge in [-0.1, -0.05) is 39.0 Å². The maximum Gasteiger partial charge on any atom is 0.251 e.